The van der Waals surface area contributed by atoms with Gasteiger partial charge in [-0.2, -0.15) is 0 Å². The summed E-state index contributed by atoms with van der Waals surface area (Å²) >= 11 is 6.23. The maximum Gasteiger partial charge on any atom is 0.267 e. The summed E-state index contributed by atoms with van der Waals surface area (Å²) in [5, 5.41) is 3.44. The number of carbonyl (C=O) groups excluding carboxylic acids is 2. The van der Waals surface area contributed by atoms with Crippen LogP contribution >= 0.6 is 11.6 Å². The van der Waals surface area contributed by atoms with Crippen molar-refractivity contribution in [3.63, 3.8) is 0 Å². The molecule has 2 heterocycles. The molecule has 0 aromatic heterocycles. The highest BCUT2D eigenvalue weighted by molar-refractivity contribution is 6.31. The number of amides is 2. The lowest BCUT2D eigenvalue weighted by Crippen LogP contribution is -2.43. The minimum absolute atomic E-state index is 0.168. The van der Waals surface area contributed by atoms with Gasteiger partial charge < -0.3 is 15.0 Å². The molecule has 4 rings (SSSR count). The van der Waals surface area contributed by atoms with Crippen molar-refractivity contribution in [1.82, 2.24) is 10.2 Å². The van der Waals surface area contributed by atoms with Crippen LogP contribution in [0.1, 0.15) is 35.7 Å². The summed E-state index contributed by atoms with van der Waals surface area (Å²) in [5.74, 6) is -0.00652. The molecule has 0 spiro atoms. The first-order chi connectivity index (χ1) is 14.4. The summed E-state index contributed by atoms with van der Waals surface area (Å²) in [6, 6.07) is 13.9. The number of nitrogens with one attached hydrogen (secondary N) is 1. The Hall–Kier alpha value is -2.57. The molecule has 0 saturated carbocycles. The van der Waals surface area contributed by atoms with Crippen molar-refractivity contribution >= 4 is 29.1 Å². The maximum atomic E-state index is 13.0. The van der Waals surface area contributed by atoms with Crippen molar-refractivity contribution in [2.75, 3.05) is 25.0 Å². The molecule has 158 valence electrons. The minimum Gasteiger partial charge on any atom is -0.478 e. The van der Waals surface area contributed by atoms with E-state index in [9.17, 15) is 9.59 Å². The van der Waals surface area contributed by atoms with E-state index in [1.54, 1.807) is 26.1 Å². The van der Waals surface area contributed by atoms with Crippen LogP contribution in [0, 0.1) is 0 Å². The molecule has 2 unspecified atom stereocenters. The minimum atomic E-state index is -0.647. The SMILES string of the molecule is CC1Oc2c(C(=O)NCC3CCCN3Cc3ccccc3)cc(Cl)cc2N(C)C1=O. The molecule has 0 bridgehead atoms. The number of hydrogen-bond acceptors (Lipinski definition) is 4. The van der Waals surface area contributed by atoms with Gasteiger partial charge >= 0.3 is 0 Å². The van der Waals surface area contributed by atoms with Crippen molar-refractivity contribution in [1.29, 1.82) is 0 Å². The van der Waals surface area contributed by atoms with Crippen LogP contribution in [0.2, 0.25) is 5.02 Å². The van der Waals surface area contributed by atoms with Crippen molar-refractivity contribution in [2.24, 2.45) is 0 Å². The Bertz CT molecular complexity index is 950. The molecule has 2 amide bonds. The van der Waals surface area contributed by atoms with Crippen LogP contribution in [0.3, 0.4) is 0 Å². The summed E-state index contributed by atoms with van der Waals surface area (Å²) < 4.78 is 5.77. The highest BCUT2D eigenvalue weighted by atomic mass is 35.5. The molecular formula is C23H26ClN3O3. The van der Waals surface area contributed by atoms with E-state index in [0.29, 0.717) is 28.6 Å². The molecule has 0 aliphatic carbocycles. The van der Waals surface area contributed by atoms with Gasteiger partial charge in [-0.15, -0.1) is 0 Å². The molecule has 1 saturated heterocycles. The predicted octanol–water partition coefficient (Wildman–Crippen LogP) is 3.48. The van der Waals surface area contributed by atoms with E-state index in [1.807, 2.05) is 18.2 Å². The highest BCUT2D eigenvalue weighted by Gasteiger charge is 2.33. The molecule has 1 fully saturated rings. The Morgan fingerprint density at radius 2 is 2.03 bits per heavy atom. The normalized spacial score (nSPS) is 21.3. The Morgan fingerprint density at radius 3 is 2.80 bits per heavy atom. The standard InChI is InChI=1S/C23H26ClN3O3/c1-15-23(29)26(2)20-12-17(24)11-19(21(20)30-15)22(28)25-13-18-9-6-10-27(18)14-16-7-4-3-5-8-16/h3-5,7-8,11-12,15,18H,6,9-10,13-14H2,1-2H3,(H,25,28). The van der Waals surface area contributed by atoms with Crippen LogP contribution in [-0.2, 0) is 11.3 Å². The van der Waals surface area contributed by atoms with Gasteiger partial charge in [-0.1, -0.05) is 41.9 Å². The molecule has 2 aromatic carbocycles. The third-order valence-corrected chi connectivity index (χ3v) is 6.06. The van der Waals surface area contributed by atoms with Gasteiger partial charge in [0, 0.05) is 31.2 Å². The van der Waals surface area contributed by atoms with Crippen molar-refractivity contribution in [3.8, 4) is 5.75 Å². The number of carbonyl (C=O) groups is 2. The monoisotopic (exact) mass is 427 g/mol. The predicted molar refractivity (Wildman–Crippen MR) is 117 cm³/mol. The number of ether oxygens (including phenoxy) is 1. The zero-order chi connectivity index (χ0) is 21.3. The summed E-state index contributed by atoms with van der Waals surface area (Å²) in [5.41, 5.74) is 2.15. The Morgan fingerprint density at radius 1 is 1.27 bits per heavy atom. The number of benzene rings is 2. The maximum absolute atomic E-state index is 13.0. The van der Waals surface area contributed by atoms with E-state index in [-0.39, 0.29) is 17.9 Å². The van der Waals surface area contributed by atoms with E-state index >= 15 is 0 Å². The van der Waals surface area contributed by atoms with Crippen LogP contribution in [0.4, 0.5) is 5.69 Å². The van der Waals surface area contributed by atoms with E-state index in [0.717, 1.165) is 25.9 Å². The molecule has 2 atom stereocenters. The van der Waals surface area contributed by atoms with E-state index < -0.39 is 6.10 Å². The van der Waals surface area contributed by atoms with Crippen LogP contribution in [0.5, 0.6) is 5.75 Å². The van der Waals surface area contributed by atoms with E-state index in [2.05, 4.69) is 22.3 Å². The number of likely N-dealkylation sites (N-methyl/N-ethyl adjacent to an activating group) is 1. The first-order valence-electron chi connectivity index (χ1n) is 10.3. The number of nitrogens with zero attached hydrogens (tertiary/aromatic N) is 2. The Balaban J connectivity index is 1.47. The molecule has 2 aromatic rings. The third-order valence-electron chi connectivity index (χ3n) is 5.84. The first-order valence-corrected chi connectivity index (χ1v) is 10.7. The van der Waals surface area contributed by atoms with E-state index in [4.69, 9.17) is 16.3 Å². The quantitative estimate of drug-likeness (QED) is 0.793. The zero-order valence-corrected chi connectivity index (χ0v) is 18.0. The molecule has 7 heteroatoms. The number of hydrogen-bond donors (Lipinski definition) is 1. The summed E-state index contributed by atoms with van der Waals surface area (Å²) in [7, 11) is 1.66. The molecule has 6 nitrogen and oxygen atoms in total. The lowest BCUT2D eigenvalue weighted by Gasteiger charge is -2.31. The lowest BCUT2D eigenvalue weighted by atomic mass is 10.1. The molecule has 30 heavy (non-hydrogen) atoms. The Labute approximate surface area is 181 Å². The van der Waals surface area contributed by atoms with Gasteiger partial charge in [0.2, 0.25) is 0 Å². The van der Waals surface area contributed by atoms with Gasteiger partial charge in [-0.3, -0.25) is 14.5 Å². The average Bonchev–Trinajstić information content (AvgIpc) is 3.18. The second-order valence-corrected chi connectivity index (χ2v) is 8.36. The highest BCUT2D eigenvalue weighted by Crippen LogP contribution is 2.39. The summed E-state index contributed by atoms with van der Waals surface area (Å²) in [6.07, 6.45) is 1.52. The van der Waals surface area contributed by atoms with E-state index in [1.165, 1.54) is 10.5 Å². The topological polar surface area (TPSA) is 61.9 Å². The van der Waals surface area contributed by atoms with Crippen LogP contribution in [0.25, 0.3) is 0 Å². The average molecular weight is 428 g/mol. The third kappa shape index (κ3) is 4.16. The molecule has 2 aliphatic rings. The fourth-order valence-corrected chi connectivity index (χ4v) is 4.41. The first kappa shape index (κ1) is 20.7. The van der Waals surface area contributed by atoms with Crippen molar-refractivity contribution in [2.45, 2.75) is 38.5 Å². The van der Waals surface area contributed by atoms with Gasteiger partial charge in [0.15, 0.2) is 11.9 Å². The number of halogens is 1. The lowest BCUT2D eigenvalue weighted by molar-refractivity contribution is -0.125. The van der Waals surface area contributed by atoms with Gasteiger partial charge in [0.1, 0.15) is 0 Å². The number of likely N-dealkylation sites (tertiary alicyclic amines) is 1. The molecule has 0 radical (unpaired) electrons. The molecule has 2 aliphatic heterocycles. The van der Waals surface area contributed by atoms with Gasteiger partial charge in [0.05, 0.1) is 11.3 Å². The number of rotatable bonds is 5. The van der Waals surface area contributed by atoms with Gasteiger partial charge in [0.25, 0.3) is 11.8 Å². The smallest absolute Gasteiger partial charge is 0.267 e. The second kappa shape index (κ2) is 8.66. The number of anilines is 1. The largest absolute Gasteiger partial charge is 0.478 e. The second-order valence-electron chi connectivity index (χ2n) is 7.92. The molecule has 1 N–H and O–H groups in total. The van der Waals surface area contributed by atoms with Crippen molar-refractivity contribution in [3.05, 3.63) is 58.6 Å². The number of fused-ring (bicyclic) bond motifs is 1. The summed E-state index contributed by atoms with van der Waals surface area (Å²) in [6.45, 7) is 4.13. The van der Waals surface area contributed by atoms with Gasteiger partial charge in [-0.05, 0) is 44.0 Å². The fourth-order valence-electron chi connectivity index (χ4n) is 4.20. The fraction of sp³-hybridized carbons (Fsp3) is 0.391. The van der Waals surface area contributed by atoms with Crippen LogP contribution in [0.15, 0.2) is 42.5 Å². The molecular weight excluding hydrogens is 402 g/mol. The van der Waals surface area contributed by atoms with Crippen LogP contribution in [-0.4, -0.2) is 49.0 Å². The summed E-state index contributed by atoms with van der Waals surface area (Å²) in [4.78, 5) is 29.1. The van der Waals surface area contributed by atoms with Gasteiger partial charge in [-0.25, -0.2) is 0 Å². The van der Waals surface area contributed by atoms with Crippen LogP contribution < -0.4 is 15.0 Å². The van der Waals surface area contributed by atoms with Crippen molar-refractivity contribution < 1.29 is 14.3 Å². The zero-order valence-electron chi connectivity index (χ0n) is 17.2. The Kier molecular flexibility index (Phi) is 5.97.